The van der Waals surface area contributed by atoms with Gasteiger partial charge in [0, 0.05) is 13.0 Å². The van der Waals surface area contributed by atoms with E-state index in [9.17, 15) is 4.79 Å². The molecule has 0 aromatic carbocycles. The predicted molar refractivity (Wildman–Crippen MR) is 84.4 cm³/mol. The van der Waals surface area contributed by atoms with Crippen molar-refractivity contribution in [3.63, 3.8) is 0 Å². The number of aromatic nitrogens is 2. The maximum Gasteiger partial charge on any atom is 0.249 e. The summed E-state index contributed by atoms with van der Waals surface area (Å²) in [6.07, 6.45) is 5.55. The highest BCUT2D eigenvalue weighted by molar-refractivity contribution is 5.85. The van der Waals surface area contributed by atoms with Gasteiger partial charge in [-0.2, -0.15) is 4.98 Å². The Hall–Kier alpha value is -1.14. The molecule has 1 saturated heterocycles. The average Bonchev–Trinajstić information content (AvgIpc) is 3.13. The molecular weight excluding hydrogens is 304 g/mol. The number of nitrogens with two attached hydrogens (primary N) is 1. The van der Waals surface area contributed by atoms with Crippen LogP contribution in [0.25, 0.3) is 0 Å². The summed E-state index contributed by atoms with van der Waals surface area (Å²) in [6.45, 7) is 4.93. The molecule has 1 aliphatic heterocycles. The lowest BCUT2D eigenvalue weighted by atomic mass is 9.98. The molecule has 2 N–H and O–H groups in total. The molecule has 1 aromatic heterocycles. The van der Waals surface area contributed by atoms with Gasteiger partial charge in [-0.05, 0) is 25.2 Å². The summed E-state index contributed by atoms with van der Waals surface area (Å²) in [5, 5.41) is 4.12. The minimum atomic E-state index is -0.446. The first kappa shape index (κ1) is 17.2. The van der Waals surface area contributed by atoms with Gasteiger partial charge in [-0.1, -0.05) is 31.8 Å². The molecule has 1 saturated carbocycles. The highest BCUT2D eigenvalue weighted by atomic mass is 35.5. The number of nitrogens with zero attached hydrogens (tertiary/aromatic N) is 3. The number of hydrogen-bond acceptors (Lipinski definition) is 5. The molecule has 2 aliphatic rings. The smallest absolute Gasteiger partial charge is 0.249 e. The highest BCUT2D eigenvalue weighted by Gasteiger charge is 2.39. The van der Waals surface area contributed by atoms with E-state index in [1.54, 1.807) is 0 Å². The van der Waals surface area contributed by atoms with E-state index >= 15 is 0 Å². The van der Waals surface area contributed by atoms with Crippen molar-refractivity contribution in [3.8, 4) is 0 Å². The summed E-state index contributed by atoms with van der Waals surface area (Å²) in [4.78, 5) is 18.5. The van der Waals surface area contributed by atoms with Crippen LogP contribution in [0.3, 0.4) is 0 Å². The van der Waals surface area contributed by atoms with Crippen LogP contribution in [0, 0.1) is 5.92 Å². The molecule has 6 nitrogen and oxygen atoms in total. The Kier molecular flexibility index (Phi) is 5.12. The molecule has 3 rings (SSSR count). The van der Waals surface area contributed by atoms with Crippen LogP contribution in [0.1, 0.15) is 70.1 Å². The van der Waals surface area contributed by atoms with E-state index in [0.717, 1.165) is 38.6 Å². The minimum Gasteiger partial charge on any atom is -0.337 e. The summed E-state index contributed by atoms with van der Waals surface area (Å²) in [7, 11) is 0. The van der Waals surface area contributed by atoms with Crippen molar-refractivity contribution in [2.75, 3.05) is 6.54 Å². The van der Waals surface area contributed by atoms with Crippen molar-refractivity contribution in [1.29, 1.82) is 0 Å². The standard InChI is InChI=1S/C15H24N4O2.ClH/c1-10(2)12(19-9-5-6-11(19)20)13-17-14(18-21-13)15(16)7-3-4-8-15;/h10,12H,3-9,16H2,1-2H3;1H. The van der Waals surface area contributed by atoms with E-state index in [1.807, 2.05) is 4.90 Å². The Bertz CT molecular complexity index is 525. The molecule has 22 heavy (non-hydrogen) atoms. The third-order valence-electron chi connectivity index (χ3n) is 4.71. The van der Waals surface area contributed by atoms with Gasteiger partial charge in [-0.25, -0.2) is 0 Å². The highest BCUT2D eigenvalue weighted by Crippen LogP contribution is 2.37. The Balaban J connectivity index is 0.00000176. The van der Waals surface area contributed by atoms with Gasteiger partial charge in [0.25, 0.3) is 0 Å². The van der Waals surface area contributed by atoms with Crippen molar-refractivity contribution in [1.82, 2.24) is 15.0 Å². The van der Waals surface area contributed by atoms with Crippen LogP contribution in [0.4, 0.5) is 0 Å². The second-order valence-electron chi connectivity index (χ2n) is 6.70. The fourth-order valence-electron chi connectivity index (χ4n) is 3.53. The Morgan fingerprint density at radius 1 is 1.27 bits per heavy atom. The molecule has 1 atom stereocenters. The van der Waals surface area contributed by atoms with E-state index < -0.39 is 5.54 Å². The van der Waals surface area contributed by atoms with E-state index in [2.05, 4.69) is 24.0 Å². The lowest BCUT2D eigenvalue weighted by molar-refractivity contribution is -0.131. The number of amides is 1. The lowest BCUT2D eigenvalue weighted by Crippen LogP contribution is -2.35. The number of hydrogen-bond donors (Lipinski definition) is 1. The molecule has 1 unspecified atom stereocenters. The maximum absolute atomic E-state index is 12.0. The topological polar surface area (TPSA) is 85.2 Å². The molecule has 0 spiro atoms. The number of halogens is 1. The van der Waals surface area contributed by atoms with E-state index in [-0.39, 0.29) is 30.3 Å². The lowest BCUT2D eigenvalue weighted by Gasteiger charge is -2.27. The van der Waals surface area contributed by atoms with Crippen molar-refractivity contribution in [2.24, 2.45) is 11.7 Å². The van der Waals surface area contributed by atoms with E-state index in [4.69, 9.17) is 10.3 Å². The van der Waals surface area contributed by atoms with Gasteiger partial charge < -0.3 is 15.2 Å². The molecule has 7 heteroatoms. The van der Waals surface area contributed by atoms with E-state index in [0.29, 0.717) is 18.1 Å². The van der Waals surface area contributed by atoms with Crippen LogP contribution >= 0.6 is 12.4 Å². The van der Waals surface area contributed by atoms with Gasteiger partial charge in [-0.15, -0.1) is 12.4 Å². The molecule has 124 valence electrons. The molecule has 1 aromatic rings. The van der Waals surface area contributed by atoms with Crippen LogP contribution in [0.5, 0.6) is 0 Å². The van der Waals surface area contributed by atoms with Gasteiger partial charge in [-0.3, -0.25) is 4.79 Å². The zero-order valence-corrected chi connectivity index (χ0v) is 14.1. The van der Waals surface area contributed by atoms with Crippen molar-refractivity contribution in [3.05, 3.63) is 11.7 Å². The molecule has 1 amide bonds. The first-order chi connectivity index (χ1) is 10.0. The van der Waals surface area contributed by atoms with Crippen molar-refractivity contribution >= 4 is 18.3 Å². The Labute approximate surface area is 137 Å². The first-order valence-electron chi connectivity index (χ1n) is 7.94. The Morgan fingerprint density at radius 3 is 2.50 bits per heavy atom. The Morgan fingerprint density at radius 2 is 1.95 bits per heavy atom. The number of rotatable bonds is 4. The summed E-state index contributed by atoms with van der Waals surface area (Å²) in [6, 6.07) is -0.133. The molecular formula is C15H25ClN4O2. The quantitative estimate of drug-likeness (QED) is 0.918. The van der Waals surface area contributed by atoms with Crippen LogP contribution in [-0.4, -0.2) is 27.5 Å². The summed E-state index contributed by atoms with van der Waals surface area (Å²) in [5.74, 6) is 1.55. The fourth-order valence-corrected chi connectivity index (χ4v) is 3.53. The molecule has 2 fully saturated rings. The van der Waals surface area contributed by atoms with Gasteiger partial charge in [0.15, 0.2) is 5.82 Å². The zero-order chi connectivity index (χ0) is 15.0. The molecule has 2 heterocycles. The van der Waals surface area contributed by atoms with Crippen LogP contribution in [0.15, 0.2) is 4.52 Å². The van der Waals surface area contributed by atoms with Crippen LogP contribution in [0.2, 0.25) is 0 Å². The zero-order valence-electron chi connectivity index (χ0n) is 13.2. The summed E-state index contributed by atoms with van der Waals surface area (Å²) < 4.78 is 5.49. The maximum atomic E-state index is 12.0. The predicted octanol–water partition coefficient (Wildman–Crippen LogP) is 2.54. The second kappa shape index (κ2) is 6.54. The van der Waals surface area contributed by atoms with E-state index in [1.165, 1.54) is 0 Å². The molecule has 0 bridgehead atoms. The molecule has 0 radical (unpaired) electrons. The third-order valence-corrected chi connectivity index (χ3v) is 4.71. The largest absolute Gasteiger partial charge is 0.337 e. The third kappa shape index (κ3) is 2.99. The normalized spacial score (nSPS) is 22.2. The first-order valence-corrected chi connectivity index (χ1v) is 7.94. The van der Waals surface area contributed by atoms with Gasteiger partial charge in [0.05, 0.1) is 5.54 Å². The van der Waals surface area contributed by atoms with Gasteiger partial charge in [0.2, 0.25) is 11.8 Å². The van der Waals surface area contributed by atoms with Crippen molar-refractivity contribution in [2.45, 2.75) is 64.0 Å². The van der Waals surface area contributed by atoms with Gasteiger partial charge >= 0.3 is 0 Å². The fraction of sp³-hybridized carbons (Fsp3) is 0.800. The van der Waals surface area contributed by atoms with Crippen LogP contribution in [-0.2, 0) is 10.3 Å². The second-order valence-corrected chi connectivity index (χ2v) is 6.70. The van der Waals surface area contributed by atoms with Gasteiger partial charge in [0.1, 0.15) is 6.04 Å². The minimum absolute atomic E-state index is 0. The average molecular weight is 329 g/mol. The summed E-state index contributed by atoms with van der Waals surface area (Å²) >= 11 is 0. The summed E-state index contributed by atoms with van der Waals surface area (Å²) in [5.41, 5.74) is 5.94. The number of carbonyl (C=O) groups excluding carboxylic acids is 1. The number of carbonyl (C=O) groups is 1. The van der Waals surface area contributed by atoms with Crippen molar-refractivity contribution < 1.29 is 9.32 Å². The molecule has 1 aliphatic carbocycles. The number of likely N-dealkylation sites (tertiary alicyclic amines) is 1. The SMILES string of the molecule is CC(C)C(c1nc(C2(N)CCCC2)no1)N1CCCC1=O.Cl. The van der Waals surface area contributed by atoms with Crippen LogP contribution < -0.4 is 5.73 Å². The monoisotopic (exact) mass is 328 g/mol.